The molecule has 1 aliphatic carbocycles. The van der Waals surface area contributed by atoms with Crippen molar-refractivity contribution >= 4 is 12.1 Å². The quantitative estimate of drug-likeness (QED) is 0.864. The maximum atomic E-state index is 12.5. The molecule has 0 heterocycles. The van der Waals surface area contributed by atoms with Crippen molar-refractivity contribution in [2.24, 2.45) is 0 Å². The van der Waals surface area contributed by atoms with Crippen molar-refractivity contribution in [3.8, 4) is 0 Å². The molecule has 1 aromatic rings. The van der Waals surface area contributed by atoms with Gasteiger partial charge in [0, 0.05) is 5.92 Å². The van der Waals surface area contributed by atoms with E-state index in [-0.39, 0.29) is 12.5 Å². The number of esters is 1. The minimum atomic E-state index is -1.04. The molecule has 2 rings (SSSR count). The Balaban J connectivity index is 2.24. The highest BCUT2D eigenvalue weighted by molar-refractivity contribution is 5.88. The fourth-order valence-electron chi connectivity index (χ4n) is 2.90. The van der Waals surface area contributed by atoms with Gasteiger partial charge < -0.3 is 14.8 Å². The van der Waals surface area contributed by atoms with Crippen LogP contribution in [0.5, 0.6) is 0 Å². The van der Waals surface area contributed by atoms with E-state index in [0.29, 0.717) is 6.42 Å². The minimum absolute atomic E-state index is 0.102. The lowest BCUT2D eigenvalue weighted by molar-refractivity contribution is -0.156. The van der Waals surface area contributed by atoms with Crippen molar-refractivity contribution in [3.05, 3.63) is 35.9 Å². The zero-order chi connectivity index (χ0) is 17.1. The summed E-state index contributed by atoms with van der Waals surface area (Å²) in [5.41, 5.74) is -0.645. The van der Waals surface area contributed by atoms with Crippen molar-refractivity contribution in [2.75, 3.05) is 6.61 Å². The Morgan fingerprint density at radius 1 is 1.26 bits per heavy atom. The van der Waals surface area contributed by atoms with Gasteiger partial charge in [-0.1, -0.05) is 30.3 Å². The van der Waals surface area contributed by atoms with Crippen molar-refractivity contribution in [1.82, 2.24) is 5.32 Å². The molecule has 1 fully saturated rings. The van der Waals surface area contributed by atoms with E-state index in [9.17, 15) is 9.59 Å². The maximum Gasteiger partial charge on any atom is 0.408 e. The molecule has 0 aromatic heterocycles. The summed E-state index contributed by atoms with van der Waals surface area (Å²) in [5, 5.41) is 2.78. The average Bonchev–Trinajstić information content (AvgIpc) is 2.43. The average molecular weight is 319 g/mol. The number of alkyl carbamates (subject to hydrolysis) is 1. The van der Waals surface area contributed by atoms with Crippen LogP contribution < -0.4 is 5.32 Å². The number of hydrogen-bond donors (Lipinski definition) is 1. The Labute approximate surface area is 137 Å². The minimum Gasteiger partial charge on any atom is -0.464 e. The van der Waals surface area contributed by atoms with Crippen LogP contribution in [0, 0.1) is 0 Å². The molecule has 5 nitrogen and oxygen atoms in total. The van der Waals surface area contributed by atoms with E-state index in [1.54, 1.807) is 27.7 Å². The molecule has 126 valence electrons. The molecule has 1 aromatic carbocycles. The predicted octanol–water partition coefficient (Wildman–Crippen LogP) is 3.39. The second-order valence-electron chi connectivity index (χ2n) is 6.82. The Morgan fingerprint density at radius 2 is 1.91 bits per heavy atom. The van der Waals surface area contributed by atoms with Gasteiger partial charge in [-0.15, -0.1) is 0 Å². The van der Waals surface area contributed by atoms with Crippen LogP contribution >= 0.6 is 0 Å². The smallest absolute Gasteiger partial charge is 0.408 e. The first-order valence-electron chi connectivity index (χ1n) is 8.02. The number of ether oxygens (including phenoxy) is 2. The number of rotatable bonds is 4. The lowest BCUT2D eigenvalue weighted by Gasteiger charge is -2.47. The molecule has 1 saturated carbocycles. The number of carbonyl (C=O) groups is 2. The lowest BCUT2D eigenvalue weighted by atomic mass is 9.63. The Morgan fingerprint density at radius 3 is 2.39 bits per heavy atom. The van der Waals surface area contributed by atoms with Crippen molar-refractivity contribution in [3.63, 3.8) is 0 Å². The Bertz CT molecular complexity index is 564. The van der Waals surface area contributed by atoms with Gasteiger partial charge in [-0.05, 0) is 46.1 Å². The molecule has 1 amide bonds. The van der Waals surface area contributed by atoms with E-state index >= 15 is 0 Å². The standard InChI is InChI=1S/C18H25NO4/c1-5-22-15(20)18(19-16(21)23-17(2,3)4)12-11-14(18)13-9-7-6-8-10-13/h6-10,14H,5,11-12H2,1-4H3,(H,19,21)/t14-,18+/m0/s1. The number of benzene rings is 1. The van der Waals surface area contributed by atoms with E-state index in [1.807, 2.05) is 30.3 Å². The topological polar surface area (TPSA) is 64.6 Å². The summed E-state index contributed by atoms with van der Waals surface area (Å²) in [4.78, 5) is 24.8. The van der Waals surface area contributed by atoms with Crippen LogP contribution in [0.15, 0.2) is 30.3 Å². The van der Waals surface area contributed by atoms with E-state index in [1.165, 1.54) is 0 Å². The summed E-state index contributed by atoms with van der Waals surface area (Å²) in [5.74, 6) is -0.499. The van der Waals surface area contributed by atoms with Gasteiger partial charge in [0.05, 0.1) is 6.61 Å². The zero-order valence-electron chi connectivity index (χ0n) is 14.2. The third kappa shape index (κ3) is 3.84. The molecule has 0 spiro atoms. The maximum absolute atomic E-state index is 12.5. The number of hydrogen-bond acceptors (Lipinski definition) is 4. The second kappa shape index (κ2) is 6.60. The van der Waals surface area contributed by atoms with E-state index < -0.39 is 23.2 Å². The monoisotopic (exact) mass is 319 g/mol. The summed E-state index contributed by atoms with van der Waals surface area (Å²) in [6, 6.07) is 9.72. The number of nitrogens with one attached hydrogen (secondary N) is 1. The fraction of sp³-hybridized carbons (Fsp3) is 0.556. The highest BCUT2D eigenvalue weighted by Gasteiger charge is 2.56. The fourth-order valence-corrected chi connectivity index (χ4v) is 2.90. The molecule has 23 heavy (non-hydrogen) atoms. The Kier molecular flexibility index (Phi) is 4.97. The SMILES string of the molecule is CCOC(=O)[C@@]1(NC(=O)OC(C)(C)C)CC[C@H]1c1ccccc1. The van der Waals surface area contributed by atoms with Crippen LogP contribution in [0.3, 0.4) is 0 Å². The highest BCUT2D eigenvalue weighted by Crippen LogP contribution is 2.47. The molecule has 0 unspecified atom stereocenters. The van der Waals surface area contributed by atoms with Gasteiger partial charge in [-0.2, -0.15) is 0 Å². The molecule has 0 aliphatic heterocycles. The van der Waals surface area contributed by atoms with Gasteiger partial charge in [-0.3, -0.25) is 0 Å². The van der Waals surface area contributed by atoms with Crippen molar-refractivity contribution < 1.29 is 19.1 Å². The first-order valence-corrected chi connectivity index (χ1v) is 8.02. The zero-order valence-corrected chi connectivity index (χ0v) is 14.2. The summed E-state index contributed by atoms with van der Waals surface area (Å²) >= 11 is 0. The molecular weight excluding hydrogens is 294 g/mol. The highest BCUT2D eigenvalue weighted by atomic mass is 16.6. The van der Waals surface area contributed by atoms with E-state index in [0.717, 1.165) is 12.0 Å². The van der Waals surface area contributed by atoms with Gasteiger partial charge in [0.1, 0.15) is 11.1 Å². The van der Waals surface area contributed by atoms with Gasteiger partial charge in [0.25, 0.3) is 0 Å². The lowest BCUT2D eigenvalue weighted by Crippen LogP contribution is -2.64. The third-order valence-corrected chi connectivity index (χ3v) is 3.99. The van der Waals surface area contributed by atoms with E-state index in [4.69, 9.17) is 9.47 Å². The van der Waals surface area contributed by atoms with Crippen LogP contribution in [0.1, 0.15) is 52.0 Å². The predicted molar refractivity (Wildman–Crippen MR) is 87.2 cm³/mol. The van der Waals surface area contributed by atoms with Crippen LogP contribution in [0.2, 0.25) is 0 Å². The van der Waals surface area contributed by atoms with Crippen LogP contribution in [-0.4, -0.2) is 29.8 Å². The third-order valence-electron chi connectivity index (χ3n) is 3.99. The molecule has 1 N–H and O–H groups in total. The van der Waals surface area contributed by atoms with Crippen LogP contribution in [0.25, 0.3) is 0 Å². The van der Waals surface area contributed by atoms with Gasteiger partial charge in [-0.25, -0.2) is 9.59 Å². The van der Waals surface area contributed by atoms with E-state index in [2.05, 4.69) is 5.32 Å². The molecule has 0 radical (unpaired) electrons. The molecule has 0 bridgehead atoms. The molecule has 1 aliphatic rings. The first-order chi connectivity index (χ1) is 10.8. The van der Waals surface area contributed by atoms with Gasteiger partial charge >= 0.3 is 12.1 Å². The number of carbonyl (C=O) groups excluding carboxylic acids is 2. The summed E-state index contributed by atoms with van der Waals surface area (Å²) in [6.07, 6.45) is 0.773. The van der Waals surface area contributed by atoms with Gasteiger partial charge in [0.15, 0.2) is 0 Å². The van der Waals surface area contributed by atoms with Crippen LogP contribution in [0.4, 0.5) is 4.79 Å². The molecule has 2 atom stereocenters. The summed E-state index contributed by atoms with van der Waals surface area (Å²) in [7, 11) is 0. The van der Waals surface area contributed by atoms with Crippen molar-refractivity contribution in [1.29, 1.82) is 0 Å². The van der Waals surface area contributed by atoms with Gasteiger partial charge in [0.2, 0.25) is 0 Å². The second-order valence-corrected chi connectivity index (χ2v) is 6.82. The molecule has 0 saturated heterocycles. The van der Waals surface area contributed by atoms with Crippen molar-refractivity contribution in [2.45, 2.75) is 57.6 Å². The first kappa shape index (κ1) is 17.3. The van der Waals surface area contributed by atoms with Crippen LogP contribution in [-0.2, 0) is 14.3 Å². The Hall–Kier alpha value is -2.04. The summed E-state index contributed by atoms with van der Waals surface area (Å²) < 4.78 is 10.5. The number of amides is 1. The molecular formula is C18H25NO4. The summed E-state index contributed by atoms with van der Waals surface area (Å²) in [6.45, 7) is 7.41. The molecule has 5 heteroatoms. The largest absolute Gasteiger partial charge is 0.464 e. The normalized spacial score (nSPS) is 23.6.